The normalized spacial score (nSPS) is 22.0. The number of halogens is 3. The summed E-state index contributed by atoms with van der Waals surface area (Å²) < 4.78 is 68.1. The van der Waals surface area contributed by atoms with E-state index in [2.05, 4.69) is 15.3 Å². The van der Waals surface area contributed by atoms with Crippen LogP contribution in [0.1, 0.15) is 56.1 Å². The summed E-state index contributed by atoms with van der Waals surface area (Å²) in [6.45, 7) is 0.226. The second kappa shape index (κ2) is 8.88. The van der Waals surface area contributed by atoms with Gasteiger partial charge >= 0.3 is 6.18 Å². The van der Waals surface area contributed by atoms with E-state index in [0.717, 1.165) is 37.6 Å². The van der Waals surface area contributed by atoms with E-state index in [4.69, 9.17) is 4.99 Å². The zero-order valence-electron chi connectivity index (χ0n) is 19.2. The molecule has 2 N–H and O–H groups in total. The number of nitrogens with zero attached hydrogens (tertiary/aromatic N) is 3. The molecule has 0 unspecified atom stereocenters. The van der Waals surface area contributed by atoms with Crippen LogP contribution in [0, 0.1) is 5.92 Å². The standard InChI is InChI=1S/C23H28F3N5O3S/c24-23(25,26)17-13-19-18(27-14-28-19)12-16(17)6-11-35(33,34)31-9-7-22(8-10-31)21(32)29-20(30-22)15-4-2-1-3-5-15/h12-15H,1-11H2,(H,27,28)(H,29,30,32). The number of H-pyrrole nitrogens is 1. The summed E-state index contributed by atoms with van der Waals surface area (Å²) in [6.07, 6.45) is 2.35. The number of alkyl halides is 3. The molecular formula is C23H28F3N5O3S. The fourth-order valence-corrected chi connectivity index (χ4v) is 6.92. The van der Waals surface area contributed by atoms with E-state index in [1.54, 1.807) is 0 Å². The minimum atomic E-state index is -4.61. The maximum absolute atomic E-state index is 13.6. The van der Waals surface area contributed by atoms with Crippen molar-refractivity contribution in [1.82, 2.24) is 19.6 Å². The molecule has 2 aromatic rings. The molecule has 1 aliphatic carbocycles. The lowest BCUT2D eigenvalue weighted by Crippen LogP contribution is -2.51. The molecule has 5 rings (SSSR count). The van der Waals surface area contributed by atoms with Crippen LogP contribution in [-0.4, -0.2) is 58.8 Å². The number of piperidine rings is 1. The average molecular weight is 512 g/mol. The monoisotopic (exact) mass is 511 g/mol. The third-order valence-electron chi connectivity index (χ3n) is 7.51. The molecule has 8 nitrogen and oxygen atoms in total. The number of aromatic amines is 1. The molecule has 12 heteroatoms. The number of benzene rings is 1. The van der Waals surface area contributed by atoms with Crippen molar-refractivity contribution < 1.29 is 26.4 Å². The molecule has 2 aliphatic heterocycles. The van der Waals surface area contributed by atoms with Gasteiger partial charge in [0, 0.05) is 19.0 Å². The predicted molar refractivity (Wildman–Crippen MR) is 124 cm³/mol. The lowest BCUT2D eigenvalue weighted by atomic mass is 9.88. The van der Waals surface area contributed by atoms with E-state index in [1.807, 2.05) is 0 Å². The lowest BCUT2D eigenvalue weighted by molar-refractivity contribution is -0.138. The molecule has 0 bridgehead atoms. The second-order valence-electron chi connectivity index (χ2n) is 9.71. The summed E-state index contributed by atoms with van der Waals surface area (Å²) in [5, 5.41) is 2.95. The van der Waals surface area contributed by atoms with Crippen LogP contribution < -0.4 is 5.32 Å². The van der Waals surface area contributed by atoms with E-state index in [1.165, 1.54) is 23.1 Å². The average Bonchev–Trinajstić information content (AvgIpc) is 3.41. The van der Waals surface area contributed by atoms with Crippen LogP contribution in [-0.2, 0) is 27.4 Å². The minimum Gasteiger partial charge on any atom is -0.345 e. The quantitative estimate of drug-likeness (QED) is 0.642. The Morgan fingerprint density at radius 1 is 1.11 bits per heavy atom. The third-order valence-corrected chi connectivity index (χ3v) is 9.39. The summed E-state index contributed by atoms with van der Waals surface area (Å²) >= 11 is 0. The zero-order valence-corrected chi connectivity index (χ0v) is 20.0. The predicted octanol–water partition coefficient (Wildman–Crippen LogP) is 3.40. The maximum atomic E-state index is 13.6. The minimum absolute atomic E-state index is 0.106. The van der Waals surface area contributed by atoms with Crippen molar-refractivity contribution in [2.24, 2.45) is 10.9 Å². The highest BCUT2D eigenvalue weighted by Gasteiger charge is 2.48. The molecule has 1 aromatic heterocycles. The third kappa shape index (κ3) is 4.69. The van der Waals surface area contributed by atoms with Crippen LogP contribution in [0.4, 0.5) is 13.2 Å². The SMILES string of the molecule is O=C1NC(C2CCCCC2)=NC12CCN(S(=O)(=O)CCc1cc3nc[nH]c3cc1C(F)(F)F)CC2. The molecular weight excluding hydrogens is 483 g/mol. The molecule has 3 heterocycles. The number of nitrogens with one attached hydrogen (secondary N) is 2. The highest BCUT2D eigenvalue weighted by atomic mass is 32.2. The van der Waals surface area contributed by atoms with Crippen molar-refractivity contribution in [2.75, 3.05) is 18.8 Å². The van der Waals surface area contributed by atoms with Crippen LogP contribution in [0.15, 0.2) is 23.5 Å². The number of carbonyl (C=O) groups excluding carboxylic acids is 1. The number of aliphatic imine (C=N–C) groups is 1. The Kier molecular flexibility index (Phi) is 6.15. The molecule has 0 atom stereocenters. The van der Waals surface area contributed by atoms with Gasteiger partial charge in [0.2, 0.25) is 10.0 Å². The number of aromatic nitrogens is 2. The number of aryl methyl sites for hydroxylation is 1. The van der Waals surface area contributed by atoms with E-state index >= 15 is 0 Å². The van der Waals surface area contributed by atoms with Crippen LogP contribution in [0.3, 0.4) is 0 Å². The van der Waals surface area contributed by atoms with Crippen molar-refractivity contribution >= 4 is 32.8 Å². The molecule has 2 fully saturated rings. The van der Waals surface area contributed by atoms with Gasteiger partial charge in [-0.1, -0.05) is 19.3 Å². The summed E-state index contributed by atoms with van der Waals surface area (Å²) in [6, 6.07) is 2.26. The van der Waals surface area contributed by atoms with Gasteiger partial charge in [-0.25, -0.2) is 17.7 Å². The van der Waals surface area contributed by atoms with Crippen LogP contribution in [0.25, 0.3) is 11.0 Å². The summed E-state index contributed by atoms with van der Waals surface area (Å²) in [7, 11) is -3.82. The van der Waals surface area contributed by atoms with E-state index in [9.17, 15) is 26.4 Å². The molecule has 1 aromatic carbocycles. The Bertz CT molecular complexity index is 1260. The molecule has 3 aliphatic rings. The molecule has 1 saturated carbocycles. The van der Waals surface area contributed by atoms with Crippen LogP contribution in [0.5, 0.6) is 0 Å². The smallest absolute Gasteiger partial charge is 0.345 e. The number of amides is 1. The Balaban J connectivity index is 1.27. The number of amidine groups is 1. The van der Waals surface area contributed by atoms with Crippen molar-refractivity contribution in [2.45, 2.75) is 63.1 Å². The Hall–Kier alpha value is -2.47. The first kappa shape index (κ1) is 24.2. The summed E-state index contributed by atoms with van der Waals surface area (Å²) in [4.78, 5) is 24.2. The highest BCUT2D eigenvalue weighted by molar-refractivity contribution is 7.89. The topological polar surface area (TPSA) is 108 Å². The number of hydrogen-bond acceptors (Lipinski definition) is 5. The number of rotatable bonds is 5. The van der Waals surface area contributed by atoms with Gasteiger partial charge in [0.1, 0.15) is 11.4 Å². The van der Waals surface area contributed by atoms with Crippen molar-refractivity contribution in [1.29, 1.82) is 0 Å². The second-order valence-corrected chi connectivity index (χ2v) is 11.8. The van der Waals surface area contributed by atoms with Gasteiger partial charge in [-0.2, -0.15) is 13.2 Å². The molecule has 1 spiro atoms. The van der Waals surface area contributed by atoms with Crippen molar-refractivity contribution in [3.05, 3.63) is 29.6 Å². The number of carbonyl (C=O) groups is 1. The van der Waals surface area contributed by atoms with E-state index < -0.39 is 33.1 Å². The van der Waals surface area contributed by atoms with Gasteiger partial charge in [0.15, 0.2) is 0 Å². The zero-order chi connectivity index (χ0) is 24.8. The van der Waals surface area contributed by atoms with Crippen molar-refractivity contribution in [3.63, 3.8) is 0 Å². The summed E-state index contributed by atoms with van der Waals surface area (Å²) in [5.74, 6) is 0.363. The van der Waals surface area contributed by atoms with Gasteiger partial charge in [0.05, 0.1) is 28.7 Å². The van der Waals surface area contributed by atoms with Gasteiger partial charge in [-0.3, -0.25) is 9.79 Å². The Labute approximate surface area is 201 Å². The first-order valence-electron chi connectivity index (χ1n) is 12.0. The lowest BCUT2D eigenvalue weighted by Gasteiger charge is -2.34. The van der Waals surface area contributed by atoms with Crippen LogP contribution >= 0.6 is 0 Å². The van der Waals surface area contributed by atoms with Gasteiger partial charge in [-0.05, 0) is 49.8 Å². The number of hydrogen-bond donors (Lipinski definition) is 2. The summed E-state index contributed by atoms with van der Waals surface area (Å²) in [5.41, 5.74) is -1.31. The number of sulfonamides is 1. The van der Waals surface area contributed by atoms with Crippen molar-refractivity contribution in [3.8, 4) is 0 Å². The first-order chi connectivity index (χ1) is 16.6. The largest absolute Gasteiger partial charge is 0.416 e. The van der Waals surface area contributed by atoms with Gasteiger partial charge < -0.3 is 10.3 Å². The van der Waals surface area contributed by atoms with E-state index in [0.29, 0.717) is 5.52 Å². The van der Waals surface area contributed by atoms with E-state index in [-0.39, 0.29) is 55.3 Å². The molecule has 1 amide bonds. The maximum Gasteiger partial charge on any atom is 0.416 e. The number of fused-ring (bicyclic) bond motifs is 1. The molecule has 1 saturated heterocycles. The molecule has 190 valence electrons. The van der Waals surface area contributed by atoms with Gasteiger partial charge in [0.25, 0.3) is 5.91 Å². The fraction of sp³-hybridized carbons (Fsp3) is 0.609. The first-order valence-corrected chi connectivity index (χ1v) is 13.6. The Morgan fingerprint density at radius 3 is 2.51 bits per heavy atom. The van der Waals surface area contributed by atoms with Crippen LogP contribution in [0.2, 0.25) is 0 Å². The number of imidazole rings is 1. The fourth-order valence-electron chi connectivity index (χ4n) is 5.45. The highest BCUT2D eigenvalue weighted by Crippen LogP contribution is 2.36. The Morgan fingerprint density at radius 2 is 1.83 bits per heavy atom. The molecule has 35 heavy (non-hydrogen) atoms. The van der Waals surface area contributed by atoms with Gasteiger partial charge in [-0.15, -0.1) is 0 Å². The molecule has 0 radical (unpaired) electrons.